The summed E-state index contributed by atoms with van der Waals surface area (Å²) in [6.45, 7) is 0. The Kier molecular flexibility index (Phi) is 4.92. The van der Waals surface area contributed by atoms with Crippen molar-refractivity contribution < 1.29 is 23.5 Å². The topological polar surface area (TPSA) is 66.4 Å². The van der Waals surface area contributed by atoms with Crippen LogP contribution in [0, 0.1) is 17.6 Å². The lowest BCUT2D eigenvalue weighted by atomic mass is 9.86. The lowest BCUT2D eigenvalue weighted by molar-refractivity contribution is -0.142. The molecule has 1 aromatic carbocycles. The van der Waals surface area contributed by atoms with Crippen LogP contribution in [0.1, 0.15) is 36.0 Å². The first-order valence-electron chi connectivity index (χ1n) is 6.56. The molecule has 0 unspecified atom stereocenters. The number of amides is 1. The Morgan fingerprint density at radius 2 is 1.71 bits per heavy atom. The average molecular weight is 362 g/mol. The smallest absolute Gasteiger partial charge is 0.306 e. The van der Waals surface area contributed by atoms with Gasteiger partial charge in [-0.05, 0) is 53.7 Å². The molecule has 0 bridgehead atoms. The van der Waals surface area contributed by atoms with Crippen LogP contribution < -0.4 is 5.32 Å². The van der Waals surface area contributed by atoms with Crippen molar-refractivity contribution in [3.05, 3.63) is 33.8 Å². The zero-order valence-corrected chi connectivity index (χ0v) is 12.6. The second-order valence-electron chi connectivity index (χ2n) is 5.11. The highest BCUT2D eigenvalue weighted by atomic mass is 79.9. The Morgan fingerprint density at radius 1 is 1.14 bits per heavy atom. The van der Waals surface area contributed by atoms with E-state index >= 15 is 0 Å². The average Bonchev–Trinajstić information content (AvgIpc) is 2.43. The van der Waals surface area contributed by atoms with Crippen molar-refractivity contribution in [2.45, 2.75) is 31.7 Å². The molecule has 0 spiro atoms. The molecule has 0 heterocycles. The van der Waals surface area contributed by atoms with Gasteiger partial charge in [-0.3, -0.25) is 9.59 Å². The van der Waals surface area contributed by atoms with Gasteiger partial charge in [0.15, 0.2) is 11.6 Å². The fourth-order valence-electron chi connectivity index (χ4n) is 2.44. The molecule has 0 radical (unpaired) electrons. The first-order chi connectivity index (χ1) is 9.88. The second-order valence-corrected chi connectivity index (χ2v) is 5.96. The van der Waals surface area contributed by atoms with E-state index in [1.165, 1.54) is 0 Å². The summed E-state index contributed by atoms with van der Waals surface area (Å²) in [6.07, 6.45) is 2.12. The quantitative estimate of drug-likeness (QED) is 0.813. The lowest BCUT2D eigenvalue weighted by Gasteiger charge is -2.27. The van der Waals surface area contributed by atoms with E-state index in [1.807, 2.05) is 0 Å². The molecule has 2 rings (SSSR count). The minimum Gasteiger partial charge on any atom is -0.481 e. The normalized spacial score (nSPS) is 21.9. The van der Waals surface area contributed by atoms with Gasteiger partial charge in [-0.15, -0.1) is 0 Å². The fourth-order valence-corrected chi connectivity index (χ4v) is 2.94. The van der Waals surface area contributed by atoms with Crippen LogP contribution in [-0.2, 0) is 4.79 Å². The maximum Gasteiger partial charge on any atom is 0.306 e. The standard InChI is InChI=1S/C14H14BrF2NO3/c15-10-6-12(17)11(16)5-9(10)13(19)18-8-3-1-7(2-4-8)14(20)21/h5-8H,1-4H2,(H,18,19)(H,20,21). The molecule has 1 amide bonds. The van der Waals surface area contributed by atoms with Gasteiger partial charge >= 0.3 is 5.97 Å². The third kappa shape index (κ3) is 3.78. The number of halogens is 3. The number of aliphatic carboxylic acids is 1. The Morgan fingerprint density at radius 3 is 2.29 bits per heavy atom. The molecule has 1 aliphatic rings. The minimum atomic E-state index is -1.09. The number of rotatable bonds is 3. The van der Waals surface area contributed by atoms with Crippen LogP contribution in [-0.4, -0.2) is 23.0 Å². The van der Waals surface area contributed by atoms with Crippen LogP contribution in [0.2, 0.25) is 0 Å². The van der Waals surface area contributed by atoms with Crippen molar-refractivity contribution in [3.63, 3.8) is 0 Å². The molecule has 21 heavy (non-hydrogen) atoms. The summed E-state index contributed by atoms with van der Waals surface area (Å²) >= 11 is 3.03. The van der Waals surface area contributed by atoms with Gasteiger partial charge in [-0.1, -0.05) is 0 Å². The van der Waals surface area contributed by atoms with E-state index in [-0.39, 0.29) is 22.0 Å². The number of carboxylic acids is 1. The van der Waals surface area contributed by atoms with E-state index in [2.05, 4.69) is 21.2 Å². The highest BCUT2D eigenvalue weighted by molar-refractivity contribution is 9.10. The number of benzene rings is 1. The largest absolute Gasteiger partial charge is 0.481 e. The Labute approximate surface area is 128 Å². The summed E-state index contributed by atoms with van der Waals surface area (Å²) in [4.78, 5) is 22.9. The van der Waals surface area contributed by atoms with Gasteiger partial charge in [0, 0.05) is 10.5 Å². The number of nitrogens with one attached hydrogen (secondary N) is 1. The number of carboxylic acid groups (broad SMARTS) is 1. The van der Waals surface area contributed by atoms with Crippen LogP contribution in [0.15, 0.2) is 16.6 Å². The van der Waals surface area contributed by atoms with Gasteiger partial charge < -0.3 is 10.4 Å². The lowest BCUT2D eigenvalue weighted by Crippen LogP contribution is -2.38. The summed E-state index contributed by atoms with van der Waals surface area (Å²) in [6, 6.07) is 1.61. The van der Waals surface area contributed by atoms with Crippen LogP contribution in [0.5, 0.6) is 0 Å². The molecular formula is C14H14BrF2NO3. The Hall–Kier alpha value is -1.50. The minimum absolute atomic E-state index is 0.0225. The van der Waals surface area contributed by atoms with E-state index in [4.69, 9.17) is 5.11 Å². The Bertz CT molecular complexity index is 572. The Balaban J connectivity index is 2.00. The molecule has 7 heteroatoms. The summed E-state index contributed by atoms with van der Waals surface area (Å²) in [7, 11) is 0. The molecule has 2 N–H and O–H groups in total. The summed E-state index contributed by atoms with van der Waals surface area (Å²) in [5, 5.41) is 11.6. The van der Waals surface area contributed by atoms with Gasteiger partial charge in [0.05, 0.1) is 11.5 Å². The van der Waals surface area contributed by atoms with Gasteiger partial charge in [-0.25, -0.2) is 8.78 Å². The predicted octanol–water partition coefficient (Wildman–Crippen LogP) is 3.10. The first-order valence-corrected chi connectivity index (χ1v) is 7.36. The van der Waals surface area contributed by atoms with Crippen LogP contribution in [0.3, 0.4) is 0 Å². The van der Waals surface area contributed by atoms with Gasteiger partial charge in [-0.2, -0.15) is 0 Å². The molecule has 0 aliphatic heterocycles. The van der Waals surface area contributed by atoms with Gasteiger partial charge in [0.2, 0.25) is 0 Å². The third-order valence-corrected chi connectivity index (χ3v) is 4.32. The maximum absolute atomic E-state index is 13.2. The molecule has 1 saturated carbocycles. The van der Waals surface area contributed by atoms with Gasteiger partial charge in [0.1, 0.15) is 0 Å². The van der Waals surface area contributed by atoms with E-state index in [0.717, 1.165) is 12.1 Å². The monoisotopic (exact) mass is 361 g/mol. The molecule has 114 valence electrons. The van der Waals surface area contributed by atoms with Crippen molar-refractivity contribution in [1.29, 1.82) is 0 Å². The van der Waals surface area contributed by atoms with E-state index in [9.17, 15) is 18.4 Å². The van der Waals surface area contributed by atoms with Crippen molar-refractivity contribution >= 4 is 27.8 Å². The number of hydrogen-bond acceptors (Lipinski definition) is 2. The molecule has 1 aliphatic carbocycles. The molecule has 0 aromatic heterocycles. The third-order valence-electron chi connectivity index (χ3n) is 3.67. The number of hydrogen-bond donors (Lipinski definition) is 2. The molecule has 1 fully saturated rings. The maximum atomic E-state index is 13.2. The summed E-state index contributed by atoms with van der Waals surface area (Å²) in [5.74, 6) is -3.80. The SMILES string of the molecule is O=C(NC1CCC(C(=O)O)CC1)c1cc(F)c(F)cc1Br. The van der Waals surface area contributed by atoms with Crippen LogP contribution in [0.25, 0.3) is 0 Å². The van der Waals surface area contributed by atoms with Crippen LogP contribution in [0.4, 0.5) is 8.78 Å². The molecule has 0 atom stereocenters. The first kappa shape index (κ1) is 15.9. The summed E-state index contributed by atoms with van der Waals surface area (Å²) in [5.41, 5.74) is 0.0225. The fraction of sp³-hybridized carbons (Fsp3) is 0.429. The summed E-state index contributed by atoms with van der Waals surface area (Å²) < 4.78 is 26.4. The molecule has 1 aromatic rings. The highest BCUT2D eigenvalue weighted by Crippen LogP contribution is 2.26. The van der Waals surface area contributed by atoms with Crippen molar-refractivity contribution in [2.24, 2.45) is 5.92 Å². The zero-order valence-electron chi connectivity index (χ0n) is 11.0. The van der Waals surface area contributed by atoms with E-state index < -0.39 is 23.5 Å². The second kappa shape index (κ2) is 6.51. The van der Waals surface area contributed by atoms with E-state index in [0.29, 0.717) is 25.7 Å². The van der Waals surface area contributed by atoms with Crippen LogP contribution >= 0.6 is 15.9 Å². The molecule has 4 nitrogen and oxygen atoms in total. The molecule has 0 saturated heterocycles. The van der Waals surface area contributed by atoms with Crippen molar-refractivity contribution in [2.75, 3.05) is 0 Å². The highest BCUT2D eigenvalue weighted by Gasteiger charge is 2.27. The predicted molar refractivity (Wildman–Crippen MR) is 74.9 cm³/mol. The number of carbonyl (C=O) groups excluding carboxylic acids is 1. The zero-order chi connectivity index (χ0) is 15.6. The number of carbonyl (C=O) groups is 2. The molecular weight excluding hydrogens is 348 g/mol. The van der Waals surface area contributed by atoms with Crippen molar-refractivity contribution in [3.8, 4) is 0 Å². The van der Waals surface area contributed by atoms with E-state index in [1.54, 1.807) is 0 Å². The van der Waals surface area contributed by atoms with Crippen molar-refractivity contribution in [1.82, 2.24) is 5.32 Å². The van der Waals surface area contributed by atoms with Gasteiger partial charge in [0.25, 0.3) is 5.91 Å².